The summed E-state index contributed by atoms with van der Waals surface area (Å²) in [6.07, 6.45) is 5.70. The van der Waals surface area contributed by atoms with Crippen LogP contribution in [-0.4, -0.2) is 20.6 Å². The lowest BCUT2D eigenvalue weighted by atomic mass is 9.83. The SMILES string of the molecule is C[C@H](C(=O)Nc1nc2ccc(C#N)cc2n1C1=CC=C1)[C@](C)(O)c1ccccc1. The van der Waals surface area contributed by atoms with E-state index in [4.69, 9.17) is 0 Å². The maximum absolute atomic E-state index is 13.0. The zero-order valence-corrected chi connectivity index (χ0v) is 16.1. The summed E-state index contributed by atoms with van der Waals surface area (Å²) in [6.45, 7) is 3.32. The van der Waals surface area contributed by atoms with Gasteiger partial charge in [0.05, 0.1) is 34.2 Å². The molecule has 144 valence electrons. The Bertz CT molecular complexity index is 1200. The van der Waals surface area contributed by atoms with Gasteiger partial charge < -0.3 is 5.11 Å². The number of rotatable bonds is 5. The molecule has 4 rings (SSSR count). The van der Waals surface area contributed by atoms with Crippen LogP contribution in [0.4, 0.5) is 5.95 Å². The van der Waals surface area contributed by atoms with Gasteiger partial charge in [0.1, 0.15) is 0 Å². The highest BCUT2D eigenvalue weighted by Gasteiger charge is 2.36. The molecule has 0 saturated heterocycles. The summed E-state index contributed by atoms with van der Waals surface area (Å²) in [4.78, 5) is 17.5. The van der Waals surface area contributed by atoms with Crippen LogP contribution in [0, 0.1) is 17.2 Å². The number of amides is 1. The van der Waals surface area contributed by atoms with E-state index in [2.05, 4.69) is 16.4 Å². The molecule has 1 heterocycles. The Kier molecular flexibility index (Phi) is 4.53. The van der Waals surface area contributed by atoms with Crippen molar-refractivity contribution in [2.75, 3.05) is 5.32 Å². The molecular formula is C23H20N4O2. The first-order valence-corrected chi connectivity index (χ1v) is 9.32. The summed E-state index contributed by atoms with van der Waals surface area (Å²) in [6, 6.07) is 16.4. The molecule has 1 aliphatic rings. The fourth-order valence-corrected chi connectivity index (χ4v) is 3.32. The molecular weight excluding hydrogens is 364 g/mol. The predicted octanol–water partition coefficient (Wildman–Crippen LogP) is 3.80. The minimum absolute atomic E-state index is 0.347. The zero-order chi connectivity index (χ0) is 20.6. The van der Waals surface area contributed by atoms with E-state index >= 15 is 0 Å². The van der Waals surface area contributed by atoms with E-state index in [-0.39, 0.29) is 5.91 Å². The van der Waals surface area contributed by atoms with Gasteiger partial charge in [0.15, 0.2) is 0 Å². The van der Waals surface area contributed by atoms with Gasteiger partial charge in [-0.1, -0.05) is 43.3 Å². The number of aromatic nitrogens is 2. The molecule has 2 N–H and O–H groups in total. The standard InChI is InChI=1S/C23H20N4O2/c1-15(23(2,29)17-7-4-3-5-8-17)21(28)26-22-25-19-12-11-16(14-24)13-20(19)27(22)18-9-6-10-18/h3-13,15,29H,1-2H3,(H,25,26,28)/t15-,23+/m1/s1. The smallest absolute Gasteiger partial charge is 0.232 e. The Hall–Kier alpha value is -3.69. The topological polar surface area (TPSA) is 90.9 Å². The highest BCUT2D eigenvalue weighted by atomic mass is 16.3. The van der Waals surface area contributed by atoms with Crippen LogP contribution in [0.3, 0.4) is 0 Å². The first kappa shape index (κ1) is 18.7. The van der Waals surface area contributed by atoms with Gasteiger partial charge in [-0.25, -0.2) is 4.98 Å². The molecule has 0 radical (unpaired) electrons. The van der Waals surface area contributed by atoms with Crippen molar-refractivity contribution in [1.29, 1.82) is 5.26 Å². The van der Waals surface area contributed by atoms with E-state index in [9.17, 15) is 15.2 Å². The molecule has 6 nitrogen and oxygen atoms in total. The van der Waals surface area contributed by atoms with Crippen LogP contribution in [0.15, 0.2) is 66.8 Å². The molecule has 1 amide bonds. The van der Waals surface area contributed by atoms with E-state index in [1.165, 1.54) is 0 Å². The van der Waals surface area contributed by atoms with Gasteiger partial charge in [0.25, 0.3) is 0 Å². The summed E-state index contributed by atoms with van der Waals surface area (Å²) < 4.78 is 1.80. The van der Waals surface area contributed by atoms with Crippen molar-refractivity contribution in [3.05, 3.63) is 77.9 Å². The third-order valence-electron chi connectivity index (χ3n) is 5.41. The molecule has 6 heteroatoms. The van der Waals surface area contributed by atoms with Crippen LogP contribution >= 0.6 is 0 Å². The average Bonchev–Trinajstić information content (AvgIpc) is 3.03. The first-order chi connectivity index (χ1) is 13.9. The Balaban J connectivity index is 1.69. The lowest BCUT2D eigenvalue weighted by Gasteiger charge is -2.30. The van der Waals surface area contributed by atoms with E-state index < -0.39 is 11.5 Å². The monoisotopic (exact) mass is 384 g/mol. The third-order valence-corrected chi connectivity index (χ3v) is 5.41. The van der Waals surface area contributed by atoms with Crippen LogP contribution in [-0.2, 0) is 10.4 Å². The summed E-state index contributed by atoms with van der Waals surface area (Å²) in [5, 5.41) is 23.1. The van der Waals surface area contributed by atoms with E-state index in [0.29, 0.717) is 22.6 Å². The molecule has 0 fully saturated rings. The Labute approximate surface area is 168 Å². The summed E-state index contributed by atoms with van der Waals surface area (Å²) in [7, 11) is 0. The van der Waals surface area contributed by atoms with E-state index in [1.54, 1.807) is 48.7 Å². The van der Waals surface area contributed by atoms with Gasteiger partial charge in [-0.2, -0.15) is 5.26 Å². The number of aliphatic hydroxyl groups is 1. The molecule has 0 spiro atoms. The minimum Gasteiger partial charge on any atom is -0.385 e. The number of nitriles is 1. The van der Waals surface area contributed by atoms with Gasteiger partial charge in [0, 0.05) is 5.70 Å². The second-order valence-corrected chi connectivity index (χ2v) is 7.26. The number of nitrogens with zero attached hydrogens (tertiary/aromatic N) is 3. The molecule has 1 aromatic heterocycles. The zero-order valence-electron chi connectivity index (χ0n) is 16.1. The van der Waals surface area contributed by atoms with Gasteiger partial charge in [-0.05, 0) is 42.8 Å². The molecule has 1 aliphatic carbocycles. The maximum atomic E-state index is 13.0. The fourth-order valence-electron chi connectivity index (χ4n) is 3.32. The second-order valence-electron chi connectivity index (χ2n) is 7.26. The number of benzene rings is 2. The molecule has 0 aliphatic heterocycles. The quantitative estimate of drug-likeness (QED) is 0.700. The van der Waals surface area contributed by atoms with Crippen molar-refractivity contribution in [2.45, 2.75) is 19.4 Å². The first-order valence-electron chi connectivity index (χ1n) is 9.32. The largest absolute Gasteiger partial charge is 0.385 e. The van der Waals surface area contributed by atoms with Crippen molar-refractivity contribution in [1.82, 2.24) is 9.55 Å². The predicted molar refractivity (Wildman–Crippen MR) is 112 cm³/mol. The molecule has 29 heavy (non-hydrogen) atoms. The number of anilines is 1. The summed E-state index contributed by atoms with van der Waals surface area (Å²) in [5.41, 5.74) is 2.10. The summed E-state index contributed by atoms with van der Waals surface area (Å²) >= 11 is 0. The van der Waals surface area contributed by atoms with Crippen LogP contribution in [0.25, 0.3) is 16.7 Å². The molecule has 2 atom stereocenters. The fraction of sp³-hybridized carbons (Fsp3) is 0.174. The van der Waals surface area contributed by atoms with Crippen molar-refractivity contribution < 1.29 is 9.90 Å². The Morgan fingerprint density at radius 3 is 2.62 bits per heavy atom. The summed E-state index contributed by atoms with van der Waals surface area (Å²) in [5.74, 6) is -0.718. The van der Waals surface area contributed by atoms with E-state index in [1.807, 2.05) is 36.4 Å². The number of imidazole rings is 1. The van der Waals surface area contributed by atoms with Crippen molar-refractivity contribution >= 4 is 28.6 Å². The number of carbonyl (C=O) groups is 1. The molecule has 2 aromatic carbocycles. The maximum Gasteiger partial charge on any atom is 0.232 e. The second kappa shape index (κ2) is 7.04. The van der Waals surface area contributed by atoms with E-state index in [0.717, 1.165) is 11.2 Å². The average molecular weight is 384 g/mol. The third kappa shape index (κ3) is 3.22. The van der Waals surface area contributed by atoms with Gasteiger partial charge >= 0.3 is 0 Å². The van der Waals surface area contributed by atoms with Gasteiger partial charge in [-0.15, -0.1) is 0 Å². The van der Waals surface area contributed by atoms with Crippen molar-refractivity contribution in [2.24, 2.45) is 5.92 Å². The Morgan fingerprint density at radius 2 is 2.00 bits per heavy atom. The van der Waals surface area contributed by atoms with Gasteiger partial charge in [-0.3, -0.25) is 14.7 Å². The van der Waals surface area contributed by atoms with Crippen LogP contribution in [0.2, 0.25) is 0 Å². The number of carbonyl (C=O) groups excluding carboxylic acids is 1. The number of nitrogens with one attached hydrogen (secondary N) is 1. The minimum atomic E-state index is -1.34. The normalized spacial score (nSPS) is 15.7. The lowest BCUT2D eigenvalue weighted by molar-refractivity contribution is -0.127. The van der Waals surface area contributed by atoms with Crippen LogP contribution in [0.5, 0.6) is 0 Å². The number of hydrogen-bond acceptors (Lipinski definition) is 4. The number of fused-ring (bicyclic) bond motifs is 1. The van der Waals surface area contributed by atoms with Gasteiger partial charge in [0.2, 0.25) is 11.9 Å². The molecule has 0 bridgehead atoms. The van der Waals surface area contributed by atoms with Crippen LogP contribution in [0.1, 0.15) is 25.0 Å². The Morgan fingerprint density at radius 1 is 1.28 bits per heavy atom. The molecule has 3 aromatic rings. The molecule has 0 unspecified atom stereocenters. The number of hydrogen-bond donors (Lipinski definition) is 2. The highest BCUT2D eigenvalue weighted by molar-refractivity contribution is 5.96. The lowest BCUT2D eigenvalue weighted by Crippen LogP contribution is -2.38. The molecule has 0 saturated carbocycles. The van der Waals surface area contributed by atoms with Crippen LogP contribution < -0.4 is 5.32 Å². The van der Waals surface area contributed by atoms with Crippen molar-refractivity contribution in [3.8, 4) is 6.07 Å². The highest BCUT2D eigenvalue weighted by Crippen LogP contribution is 2.32. The van der Waals surface area contributed by atoms with Crippen molar-refractivity contribution in [3.63, 3.8) is 0 Å². The number of allylic oxidation sites excluding steroid dienone is 4.